The number of carbonyl (C=O) groups excluding carboxylic acids is 2. The van der Waals surface area contributed by atoms with Crippen molar-refractivity contribution in [1.82, 2.24) is 4.98 Å². The third-order valence-electron chi connectivity index (χ3n) is 2.43. The molecule has 17 heavy (non-hydrogen) atoms. The molecule has 0 N–H and O–H groups in total. The monoisotopic (exact) mass is 235 g/mol. The van der Waals surface area contributed by atoms with Gasteiger partial charge in [0.05, 0.1) is 17.9 Å². The number of aryl methyl sites for hydroxylation is 1. The zero-order valence-corrected chi connectivity index (χ0v) is 9.04. The third kappa shape index (κ3) is 1.99. The molecule has 0 bridgehead atoms. The van der Waals surface area contributed by atoms with Crippen molar-refractivity contribution in [3.8, 4) is 0 Å². The average Bonchev–Trinajstić information content (AvgIpc) is 2.57. The number of hydrogen-bond acceptors (Lipinski definition) is 5. The molecule has 7 heteroatoms. The summed E-state index contributed by atoms with van der Waals surface area (Å²) in [5.74, 6) is -0.755. The summed E-state index contributed by atoms with van der Waals surface area (Å²) in [5, 5.41) is 10.8. The van der Waals surface area contributed by atoms with E-state index in [9.17, 15) is 19.7 Å². The lowest BCUT2D eigenvalue weighted by Crippen LogP contribution is -2.26. The number of carbonyl (C=O) groups is 2. The van der Waals surface area contributed by atoms with Gasteiger partial charge in [0.2, 0.25) is 11.7 Å². The van der Waals surface area contributed by atoms with Crippen LogP contribution in [0.5, 0.6) is 0 Å². The van der Waals surface area contributed by atoms with E-state index in [1.165, 1.54) is 12.1 Å². The number of pyridine rings is 1. The number of anilines is 1. The largest absolute Gasteiger partial charge is 0.312 e. The Morgan fingerprint density at radius 1 is 1.41 bits per heavy atom. The van der Waals surface area contributed by atoms with E-state index in [4.69, 9.17) is 0 Å². The van der Waals surface area contributed by atoms with Crippen LogP contribution in [0, 0.1) is 17.0 Å². The fraction of sp³-hybridized carbons (Fsp3) is 0.300. The summed E-state index contributed by atoms with van der Waals surface area (Å²) < 4.78 is 0. The van der Waals surface area contributed by atoms with Crippen molar-refractivity contribution in [1.29, 1.82) is 0 Å². The molecule has 0 atom stereocenters. The Hall–Kier alpha value is -2.31. The summed E-state index contributed by atoms with van der Waals surface area (Å²) in [6.07, 6.45) is -0.215. The van der Waals surface area contributed by atoms with E-state index in [0.29, 0.717) is 5.69 Å². The van der Waals surface area contributed by atoms with Gasteiger partial charge in [-0.1, -0.05) is 0 Å². The van der Waals surface area contributed by atoms with Crippen LogP contribution in [-0.2, 0) is 9.59 Å². The predicted molar refractivity (Wildman–Crippen MR) is 57.6 cm³/mol. The minimum atomic E-state index is -0.613. The van der Waals surface area contributed by atoms with Gasteiger partial charge in [-0.3, -0.25) is 24.6 Å². The molecule has 1 amide bonds. The van der Waals surface area contributed by atoms with Gasteiger partial charge in [-0.25, -0.2) is 4.98 Å². The van der Waals surface area contributed by atoms with Crippen LogP contribution >= 0.6 is 0 Å². The Bertz CT molecular complexity index is 526. The molecule has 1 saturated heterocycles. The molecule has 0 unspecified atom stereocenters. The molecule has 1 aromatic heterocycles. The first kappa shape index (κ1) is 11.2. The molecule has 2 heterocycles. The van der Waals surface area contributed by atoms with Crippen molar-refractivity contribution in [3.63, 3.8) is 0 Å². The molecule has 0 aromatic carbocycles. The maximum atomic E-state index is 11.5. The lowest BCUT2D eigenvalue weighted by atomic mass is 10.3. The summed E-state index contributed by atoms with van der Waals surface area (Å²) in [6.45, 7) is 1.52. The highest BCUT2D eigenvalue weighted by molar-refractivity contribution is 6.15. The second kappa shape index (κ2) is 3.93. The van der Waals surface area contributed by atoms with Crippen molar-refractivity contribution < 1.29 is 14.5 Å². The Balaban J connectivity index is 2.50. The van der Waals surface area contributed by atoms with Crippen LogP contribution in [0.3, 0.4) is 0 Å². The number of aromatic nitrogens is 1. The molecule has 1 aromatic rings. The molecule has 0 radical (unpaired) electrons. The van der Waals surface area contributed by atoms with Crippen LogP contribution in [0.1, 0.15) is 12.1 Å². The summed E-state index contributed by atoms with van der Waals surface area (Å²) in [7, 11) is 0. The smallest absolute Gasteiger partial charge is 0.297 e. The van der Waals surface area contributed by atoms with E-state index in [1.54, 1.807) is 6.92 Å². The summed E-state index contributed by atoms with van der Waals surface area (Å²) in [6, 6.07) is 2.78. The van der Waals surface area contributed by atoms with Crippen LogP contribution in [0.2, 0.25) is 0 Å². The van der Waals surface area contributed by atoms with E-state index in [-0.39, 0.29) is 30.3 Å². The van der Waals surface area contributed by atoms with E-state index in [1.807, 2.05) is 0 Å². The van der Waals surface area contributed by atoms with Crippen LogP contribution in [0.15, 0.2) is 12.1 Å². The van der Waals surface area contributed by atoms with Gasteiger partial charge < -0.3 is 0 Å². The maximum absolute atomic E-state index is 11.5. The maximum Gasteiger partial charge on any atom is 0.312 e. The van der Waals surface area contributed by atoms with E-state index < -0.39 is 10.8 Å². The SMILES string of the molecule is Cc1ccc([N+](=O)[O-])c(N2CC(=O)CC2=O)n1. The average molecular weight is 235 g/mol. The van der Waals surface area contributed by atoms with Crippen molar-refractivity contribution >= 4 is 23.2 Å². The molecule has 0 saturated carbocycles. The zero-order chi connectivity index (χ0) is 12.6. The molecule has 7 nitrogen and oxygen atoms in total. The molecule has 0 spiro atoms. The first-order chi connectivity index (χ1) is 7.99. The van der Waals surface area contributed by atoms with Gasteiger partial charge in [0.1, 0.15) is 0 Å². The summed E-state index contributed by atoms with van der Waals surface area (Å²) >= 11 is 0. The number of ketones is 1. The van der Waals surface area contributed by atoms with Gasteiger partial charge in [-0.05, 0) is 13.0 Å². The summed E-state index contributed by atoms with van der Waals surface area (Å²) in [4.78, 5) is 37.9. The number of rotatable bonds is 2. The Labute approximate surface area is 96.2 Å². The minimum absolute atomic E-state index is 0.0501. The Morgan fingerprint density at radius 3 is 2.65 bits per heavy atom. The van der Waals surface area contributed by atoms with Gasteiger partial charge in [-0.15, -0.1) is 0 Å². The highest BCUT2D eigenvalue weighted by Crippen LogP contribution is 2.28. The van der Waals surface area contributed by atoms with Crippen LogP contribution in [0.25, 0.3) is 0 Å². The number of amides is 1. The lowest BCUT2D eigenvalue weighted by Gasteiger charge is -2.13. The highest BCUT2D eigenvalue weighted by atomic mass is 16.6. The van der Waals surface area contributed by atoms with Gasteiger partial charge >= 0.3 is 5.69 Å². The minimum Gasteiger partial charge on any atom is -0.297 e. The first-order valence-electron chi connectivity index (χ1n) is 4.93. The van der Waals surface area contributed by atoms with Crippen LogP contribution < -0.4 is 4.90 Å². The van der Waals surface area contributed by atoms with Crippen LogP contribution in [0.4, 0.5) is 11.5 Å². The molecule has 0 aliphatic carbocycles. The van der Waals surface area contributed by atoms with E-state index >= 15 is 0 Å². The van der Waals surface area contributed by atoms with E-state index in [2.05, 4.69) is 4.98 Å². The van der Waals surface area contributed by atoms with E-state index in [0.717, 1.165) is 4.90 Å². The topological polar surface area (TPSA) is 93.4 Å². The molecule has 1 fully saturated rings. The van der Waals surface area contributed by atoms with Crippen molar-refractivity contribution in [3.05, 3.63) is 27.9 Å². The van der Waals surface area contributed by atoms with Crippen molar-refractivity contribution in [2.45, 2.75) is 13.3 Å². The number of Topliss-reactive ketones (excluding diaryl/α,β-unsaturated/α-hetero) is 1. The number of nitro groups is 1. The van der Waals surface area contributed by atoms with Gasteiger partial charge in [-0.2, -0.15) is 0 Å². The fourth-order valence-electron chi connectivity index (χ4n) is 1.65. The van der Waals surface area contributed by atoms with Gasteiger partial charge in [0.25, 0.3) is 0 Å². The van der Waals surface area contributed by atoms with Crippen molar-refractivity contribution in [2.24, 2.45) is 0 Å². The fourth-order valence-corrected chi connectivity index (χ4v) is 1.65. The standard InChI is InChI=1S/C10H9N3O4/c1-6-2-3-8(13(16)17)10(11-6)12-5-7(14)4-9(12)15/h2-3H,4-5H2,1H3. The number of nitrogens with zero attached hydrogens (tertiary/aromatic N) is 3. The normalized spacial score (nSPS) is 15.5. The Morgan fingerprint density at radius 2 is 2.12 bits per heavy atom. The molecular formula is C10H9N3O4. The molecule has 1 aliphatic heterocycles. The Kier molecular flexibility index (Phi) is 2.58. The molecule has 1 aliphatic rings. The molecule has 88 valence electrons. The lowest BCUT2D eigenvalue weighted by molar-refractivity contribution is -0.384. The first-order valence-corrected chi connectivity index (χ1v) is 4.93. The molecule has 2 rings (SSSR count). The second-order valence-electron chi connectivity index (χ2n) is 3.75. The summed E-state index contributed by atoms with van der Waals surface area (Å²) in [5.41, 5.74) is 0.288. The highest BCUT2D eigenvalue weighted by Gasteiger charge is 2.34. The van der Waals surface area contributed by atoms with Crippen molar-refractivity contribution in [2.75, 3.05) is 11.4 Å². The molecular weight excluding hydrogens is 226 g/mol. The van der Waals surface area contributed by atoms with Gasteiger partial charge in [0.15, 0.2) is 5.78 Å². The van der Waals surface area contributed by atoms with Crippen LogP contribution in [-0.4, -0.2) is 28.1 Å². The predicted octanol–water partition coefficient (Wildman–Crippen LogP) is 0.604. The second-order valence-corrected chi connectivity index (χ2v) is 3.75. The zero-order valence-electron chi connectivity index (χ0n) is 9.04. The quantitative estimate of drug-likeness (QED) is 0.425. The van der Waals surface area contributed by atoms with Gasteiger partial charge in [0, 0.05) is 11.8 Å². The third-order valence-corrected chi connectivity index (χ3v) is 2.43. The number of hydrogen-bond donors (Lipinski definition) is 0.